The quantitative estimate of drug-likeness (QED) is 0.818. The van der Waals surface area contributed by atoms with Crippen molar-refractivity contribution in [2.24, 2.45) is 7.05 Å². The van der Waals surface area contributed by atoms with Crippen LogP contribution in [0.1, 0.15) is 17.4 Å². The highest BCUT2D eigenvalue weighted by atomic mass is 79.9. The first-order valence-corrected chi connectivity index (χ1v) is 8.11. The highest BCUT2D eigenvalue weighted by Gasteiger charge is 2.26. The molecule has 1 heterocycles. The zero-order valence-corrected chi connectivity index (χ0v) is 14.0. The second-order valence-corrected chi connectivity index (χ2v) is 5.89. The van der Waals surface area contributed by atoms with Gasteiger partial charge in [-0.1, -0.05) is 50.1 Å². The first-order chi connectivity index (χ1) is 9.00. The average Bonchev–Trinajstić information content (AvgIpc) is 2.77. The van der Waals surface area contributed by atoms with Gasteiger partial charge in [-0.25, -0.2) is 0 Å². The number of hydrogen-bond acceptors (Lipinski definition) is 2. The number of aryl methyl sites for hydroxylation is 1. The van der Waals surface area contributed by atoms with E-state index in [-0.39, 0.29) is 11.4 Å². The van der Waals surface area contributed by atoms with Crippen LogP contribution in [0.3, 0.4) is 0 Å². The van der Waals surface area contributed by atoms with Gasteiger partial charge < -0.3 is 5.32 Å². The van der Waals surface area contributed by atoms with E-state index in [0.29, 0.717) is 16.4 Å². The Balaban J connectivity index is 2.37. The third-order valence-corrected chi connectivity index (χ3v) is 5.45. The Hall–Kier alpha value is -0.880. The van der Waals surface area contributed by atoms with Gasteiger partial charge in [0.05, 0.1) is 11.1 Å². The molecule has 1 aromatic heterocycles. The molecule has 0 bridgehead atoms. The number of alkyl halides is 2. The van der Waals surface area contributed by atoms with Crippen LogP contribution < -0.4 is 5.32 Å². The number of fused-ring (bicyclic) bond motifs is 1. The minimum atomic E-state index is -0.338. The molecular weight excluding hydrogens is 374 g/mol. The van der Waals surface area contributed by atoms with Crippen molar-refractivity contribution in [3.8, 4) is 0 Å². The van der Waals surface area contributed by atoms with Crippen LogP contribution in [-0.4, -0.2) is 31.9 Å². The summed E-state index contributed by atoms with van der Waals surface area (Å²) in [5, 5.41) is 9.53. The summed E-state index contributed by atoms with van der Waals surface area (Å²) in [6, 6.07) is 7.71. The number of benzene rings is 1. The van der Waals surface area contributed by atoms with Crippen molar-refractivity contribution in [3.63, 3.8) is 0 Å². The predicted octanol–water partition coefficient (Wildman–Crippen LogP) is 2.85. The number of nitrogens with zero attached hydrogens (tertiary/aromatic N) is 2. The average molecular weight is 389 g/mol. The van der Waals surface area contributed by atoms with Crippen molar-refractivity contribution in [3.05, 3.63) is 30.0 Å². The molecule has 102 valence electrons. The molecule has 19 heavy (non-hydrogen) atoms. The van der Waals surface area contributed by atoms with Crippen molar-refractivity contribution in [2.45, 2.75) is 12.5 Å². The normalized spacial score (nSPS) is 11.8. The molecule has 6 heteroatoms. The topological polar surface area (TPSA) is 46.9 Å². The molecular formula is C13H15Br2N3O. The molecule has 0 saturated carbocycles. The lowest BCUT2D eigenvalue weighted by Gasteiger charge is -2.25. The van der Waals surface area contributed by atoms with Crippen molar-refractivity contribution in [1.82, 2.24) is 15.1 Å². The number of carbonyl (C=O) groups excluding carboxylic acids is 1. The fraction of sp³-hybridized carbons (Fsp3) is 0.385. The molecule has 0 radical (unpaired) electrons. The molecule has 1 aromatic carbocycles. The number of nitrogens with one attached hydrogen (secondary N) is 1. The highest BCUT2D eigenvalue weighted by Crippen LogP contribution is 2.19. The Morgan fingerprint density at radius 2 is 2.00 bits per heavy atom. The minimum absolute atomic E-state index is 0.154. The van der Waals surface area contributed by atoms with Crippen LogP contribution in [0, 0.1) is 0 Å². The lowest BCUT2D eigenvalue weighted by Crippen LogP contribution is -2.49. The van der Waals surface area contributed by atoms with E-state index in [4.69, 9.17) is 0 Å². The summed E-state index contributed by atoms with van der Waals surface area (Å²) < 4.78 is 1.73. The monoisotopic (exact) mass is 387 g/mol. The van der Waals surface area contributed by atoms with Gasteiger partial charge in [0.1, 0.15) is 0 Å². The van der Waals surface area contributed by atoms with Gasteiger partial charge in [-0.3, -0.25) is 9.48 Å². The van der Waals surface area contributed by atoms with E-state index in [1.807, 2.05) is 38.2 Å². The van der Waals surface area contributed by atoms with Gasteiger partial charge >= 0.3 is 0 Å². The molecule has 1 amide bonds. The highest BCUT2D eigenvalue weighted by molar-refractivity contribution is 9.09. The van der Waals surface area contributed by atoms with E-state index in [1.54, 1.807) is 4.68 Å². The van der Waals surface area contributed by atoms with Gasteiger partial charge in [0.25, 0.3) is 5.91 Å². The Bertz CT molecular complexity index is 605. The third-order valence-electron chi connectivity index (χ3n) is 2.98. The molecule has 0 fully saturated rings. The molecule has 1 N–H and O–H groups in total. The standard InChI is InChI=1S/C13H15Br2N3O/c1-13(7-14,8-15)16-12(19)11-9-5-3-4-6-10(9)18(2)17-11/h3-6H,7-8H2,1-2H3,(H,16,19). The number of halogens is 2. The third kappa shape index (κ3) is 2.84. The molecule has 0 saturated heterocycles. The lowest BCUT2D eigenvalue weighted by molar-refractivity contribution is 0.0918. The van der Waals surface area contributed by atoms with Crippen LogP contribution in [0.5, 0.6) is 0 Å². The molecule has 0 atom stereocenters. The van der Waals surface area contributed by atoms with Gasteiger partial charge in [-0.15, -0.1) is 0 Å². The summed E-state index contributed by atoms with van der Waals surface area (Å²) in [4.78, 5) is 12.4. The molecule has 0 aliphatic carbocycles. The largest absolute Gasteiger partial charge is 0.344 e. The van der Waals surface area contributed by atoms with Crippen molar-refractivity contribution >= 4 is 48.7 Å². The van der Waals surface area contributed by atoms with E-state index in [0.717, 1.165) is 10.9 Å². The van der Waals surface area contributed by atoms with Gasteiger partial charge in [-0.05, 0) is 13.0 Å². The van der Waals surface area contributed by atoms with Crippen LogP contribution >= 0.6 is 31.9 Å². The molecule has 0 spiro atoms. The smallest absolute Gasteiger partial charge is 0.272 e. The fourth-order valence-electron chi connectivity index (χ4n) is 1.82. The van der Waals surface area contributed by atoms with Gasteiger partial charge in [0.2, 0.25) is 0 Å². The lowest BCUT2D eigenvalue weighted by atomic mass is 10.1. The first-order valence-electron chi connectivity index (χ1n) is 5.87. The summed E-state index contributed by atoms with van der Waals surface area (Å²) in [6.45, 7) is 1.97. The Morgan fingerprint density at radius 1 is 1.37 bits per heavy atom. The summed E-state index contributed by atoms with van der Waals surface area (Å²) in [5.41, 5.74) is 1.08. The maximum absolute atomic E-state index is 12.4. The number of amides is 1. The SMILES string of the molecule is Cn1nc(C(=O)NC(C)(CBr)CBr)c2ccccc21. The molecule has 0 aliphatic rings. The van der Waals surface area contributed by atoms with Crippen molar-refractivity contribution < 1.29 is 4.79 Å². The Labute approximate surface area is 128 Å². The number of aromatic nitrogens is 2. The number of rotatable bonds is 4. The van der Waals surface area contributed by atoms with Crippen molar-refractivity contribution in [1.29, 1.82) is 0 Å². The summed E-state index contributed by atoms with van der Waals surface area (Å²) in [5.74, 6) is -0.154. The molecule has 0 aliphatic heterocycles. The van der Waals surface area contributed by atoms with Crippen molar-refractivity contribution in [2.75, 3.05) is 10.7 Å². The summed E-state index contributed by atoms with van der Waals surface area (Å²) in [7, 11) is 1.84. The number of hydrogen-bond donors (Lipinski definition) is 1. The Kier molecular flexibility index (Phi) is 4.30. The summed E-state index contributed by atoms with van der Waals surface area (Å²) >= 11 is 6.84. The predicted molar refractivity (Wildman–Crippen MR) is 84.2 cm³/mol. The second-order valence-electron chi connectivity index (χ2n) is 4.77. The minimum Gasteiger partial charge on any atom is -0.344 e. The molecule has 2 rings (SSSR count). The molecule has 4 nitrogen and oxygen atoms in total. The maximum atomic E-state index is 12.4. The first kappa shape index (κ1) is 14.5. The molecule has 0 unspecified atom stereocenters. The van der Waals surface area contributed by atoms with E-state index >= 15 is 0 Å². The van der Waals surface area contributed by atoms with Crippen LogP contribution in [0.15, 0.2) is 24.3 Å². The van der Waals surface area contributed by atoms with Crippen LogP contribution in [0.4, 0.5) is 0 Å². The zero-order valence-electron chi connectivity index (χ0n) is 10.8. The van der Waals surface area contributed by atoms with E-state index < -0.39 is 0 Å². The van der Waals surface area contributed by atoms with Crippen LogP contribution in [0.2, 0.25) is 0 Å². The van der Waals surface area contributed by atoms with Gasteiger partial charge in [0.15, 0.2) is 5.69 Å². The van der Waals surface area contributed by atoms with E-state index in [9.17, 15) is 4.79 Å². The fourth-order valence-corrected chi connectivity index (χ4v) is 3.03. The number of carbonyl (C=O) groups is 1. The second kappa shape index (κ2) is 5.63. The van der Waals surface area contributed by atoms with E-state index in [2.05, 4.69) is 42.3 Å². The van der Waals surface area contributed by atoms with E-state index in [1.165, 1.54) is 0 Å². The van der Waals surface area contributed by atoms with Gasteiger partial charge in [0, 0.05) is 23.1 Å². The zero-order chi connectivity index (χ0) is 14.0. The van der Waals surface area contributed by atoms with Crippen LogP contribution in [-0.2, 0) is 7.05 Å². The number of para-hydroxylation sites is 1. The summed E-state index contributed by atoms with van der Waals surface area (Å²) in [6.07, 6.45) is 0. The van der Waals surface area contributed by atoms with Gasteiger partial charge in [-0.2, -0.15) is 5.10 Å². The maximum Gasteiger partial charge on any atom is 0.272 e. The molecule has 2 aromatic rings. The van der Waals surface area contributed by atoms with Crippen LogP contribution in [0.25, 0.3) is 10.9 Å². The Morgan fingerprint density at radius 3 is 2.63 bits per heavy atom.